The Morgan fingerprint density at radius 3 is 2.65 bits per heavy atom. The van der Waals surface area contributed by atoms with Gasteiger partial charge in [0.2, 0.25) is 0 Å². The summed E-state index contributed by atoms with van der Waals surface area (Å²) < 4.78 is 4.68. The Morgan fingerprint density at radius 1 is 1.41 bits per heavy atom. The topological polar surface area (TPSA) is 29.5 Å². The minimum Gasteiger partial charge on any atom is -0.465 e. The zero-order valence-electron chi connectivity index (χ0n) is 10.5. The molecule has 3 heteroatoms. The molecule has 0 radical (unpaired) electrons. The lowest BCUT2D eigenvalue weighted by Gasteiger charge is -2.20. The van der Waals surface area contributed by atoms with Gasteiger partial charge in [0, 0.05) is 12.6 Å². The molecule has 0 spiro atoms. The van der Waals surface area contributed by atoms with Crippen LogP contribution in [0.1, 0.15) is 35.7 Å². The summed E-state index contributed by atoms with van der Waals surface area (Å²) in [6.07, 6.45) is 2.58. The third-order valence-electron chi connectivity index (χ3n) is 3.45. The average molecular weight is 233 g/mol. The predicted octanol–water partition coefficient (Wildman–Crippen LogP) is 2.46. The molecule has 0 unspecified atom stereocenters. The monoisotopic (exact) mass is 233 g/mol. The van der Waals surface area contributed by atoms with Crippen LogP contribution in [0.15, 0.2) is 24.3 Å². The van der Waals surface area contributed by atoms with Gasteiger partial charge in [0.1, 0.15) is 0 Å². The Hall–Kier alpha value is -1.35. The summed E-state index contributed by atoms with van der Waals surface area (Å²) in [5.74, 6) is -0.272. The SMILES string of the molecule is COC(=O)c1ccc(CN2CCC[C@@H]2C)cc1. The number of methoxy groups -OCH3 is 1. The fourth-order valence-corrected chi connectivity index (χ4v) is 2.33. The Morgan fingerprint density at radius 2 is 2.12 bits per heavy atom. The lowest BCUT2D eigenvalue weighted by Crippen LogP contribution is -2.26. The molecule has 1 heterocycles. The van der Waals surface area contributed by atoms with Gasteiger partial charge in [-0.2, -0.15) is 0 Å². The molecular formula is C14H19NO2. The van der Waals surface area contributed by atoms with Crippen molar-refractivity contribution in [2.24, 2.45) is 0 Å². The van der Waals surface area contributed by atoms with Gasteiger partial charge >= 0.3 is 5.97 Å². The van der Waals surface area contributed by atoms with Gasteiger partial charge in [-0.05, 0) is 44.0 Å². The van der Waals surface area contributed by atoms with Gasteiger partial charge in [0.05, 0.1) is 12.7 Å². The van der Waals surface area contributed by atoms with Crippen LogP contribution in [0.2, 0.25) is 0 Å². The Kier molecular flexibility index (Phi) is 3.79. The van der Waals surface area contributed by atoms with E-state index in [0.29, 0.717) is 11.6 Å². The summed E-state index contributed by atoms with van der Waals surface area (Å²) in [6, 6.07) is 8.37. The van der Waals surface area contributed by atoms with Gasteiger partial charge in [-0.25, -0.2) is 4.79 Å². The van der Waals surface area contributed by atoms with Gasteiger partial charge < -0.3 is 4.74 Å². The molecule has 0 aromatic heterocycles. The molecule has 17 heavy (non-hydrogen) atoms. The van der Waals surface area contributed by atoms with Crippen molar-refractivity contribution < 1.29 is 9.53 Å². The molecule has 2 rings (SSSR count). The Bertz CT molecular complexity index is 386. The van der Waals surface area contributed by atoms with Crippen LogP contribution in [0.4, 0.5) is 0 Å². The summed E-state index contributed by atoms with van der Waals surface area (Å²) >= 11 is 0. The average Bonchev–Trinajstić information content (AvgIpc) is 2.75. The number of esters is 1. The first-order valence-corrected chi connectivity index (χ1v) is 6.12. The number of rotatable bonds is 3. The molecule has 1 fully saturated rings. The van der Waals surface area contributed by atoms with Crippen molar-refractivity contribution >= 4 is 5.97 Å². The summed E-state index contributed by atoms with van der Waals surface area (Å²) in [7, 11) is 1.40. The van der Waals surface area contributed by atoms with E-state index in [1.807, 2.05) is 24.3 Å². The van der Waals surface area contributed by atoms with Gasteiger partial charge in [-0.3, -0.25) is 4.90 Å². The molecule has 1 aromatic carbocycles. The first-order valence-electron chi connectivity index (χ1n) is 6.12. The Labute approximate surface area is 102 Å². The first-order chi connectivity index (χ1) is 8.20. The van der Waals surface area contributed by atoms with Crippen LogP contribution >= 0.6 is 0 Å². The molecule has 0 N–H and O–H groups in total. The molecule has 1 aromatic rings. The van der Waals surface area contributed by atoms with Crippen molar-refractivity contribution in [1.29, 1.82) is 0 Å². The van der Waals surface area contributed by atoms with Crippen LogP contribution in [0.25, 0.3) is 0 Å². The van der Waals surface area contributed by atoms with E-state index in [9.17, 15) is 4.79 Å². The van der Waals surface area contributed by atoms with Crippen molar-refractivity contribution in [3.63, 3.8) is 0 Å². The smallest absolute Gasteiger partial charge is 0.337 e. The molecule has 0 bridgehead atoms. The van der Waals surface area contributed by atoms with E-state index in [1.54, 1.807) is 0 Å². The van der Waals surface area contributed by atoms with Crippen molar-refractivity contribution in [3.8, 4) is 0 Å². The van der Waals surface area contributed by atoms with Crippen LogP contribution in [0.5, 0.6) is 0 Å². The molecule has 92 valence electrons. The normalized spacial score (nSPS) is 20.5. The highest BCUT2D eigenvalue weighted by Crippen LogP contribution is 2.19. The molecule has 0 amide bonds. The maximum Gasteiger partial charge on any atom is 0.337 e. The maximum atomic E-state index is 11.3. The van der Waals surface area contributed by atoms with Gasteiger partial charge in [0.25, 0.3) is 0 Å². The van der Waals surface area contributed by atoms with E-state index in [2.05, 4.69) is 16.6 Å². The third-order valence-corrected chi connectivity index (χ3v) is 3.45. The van der Waals surface area contributed by atoms with Crippen molar-refractivity contribution in [2.75, 3.05) is 13.7 Å². The molecule has 1 atom stereocenters. The lowest BCUT2D eigenvalue weighted by molar-refractivity contribution is 0.0600. The largest absolute Gasteiger partial charge is 0.465 e. The Balaban J connectivity index is 2.00. The fraction of sp³-hybridized carbons (Fsp3) is 0.500. The number of hydrogen-bond acceptors (Lipinski definition) is 3. The quantitative estimate of drug-likeness (QED) is 0.751. The van der Waals surface area contributed by atoms with Crippen LogP contribution in [-0.4, -0.2) is 30.6 Å². The molecule has 1 aliphatic rings. The zero-order chi connectivity index (χ0) is 12.3. The second kappa shape index (κ2) is 5.32. The van der Waals surface area contributed by atoms with E-state index in [0.717, 1.165) is 6.54 Å². The van der Waals surface area contributed by atoms with E-state index in [-0.39, 0.29) is 5.97 Å². The number of ether oxygens (including phenoxy) is 1. The minimum atomic E-state index is -0.272. The molecule has 1 aliphatic heterocycles. The highest BCUT2D eigenvalue weighted by atomic mass is 16.5. The van der Waals surface area contributed by atoms with Crippen molar-refractivity contribution in [3.05, 3.63) is 35.4 Å². The minimum absolute atomic E-state index is 0.272. The summed E-state index contributed by atoms with van der Waals surface area (Å²) in [5, 5.41) is 0. The van der Waals surface area contributed by atoms with E-state index in [4.69, 9.17) is 0 Å². The van der Waals surface area contributed by atoms with Crippen LogP contribution < -0.4 is 0 Å². The van der Waals surface area contributed by atoms with Crippen molar-refractivity contribution in [2.45, 2.75) is 32.4 Å². The molecule has 0 aliphatic carbocycles. The molecule has 0 saturated carbocycles. The number of benzene rings is 1. The van der Waals surface area contributed by atoms with Gasteiger partial charge in [-0.15, -0.1) is 0 Å². The predicted molar refractivity (Wildman–Crippen MR) is 66.9 cm³/mol. The van der Waals surface area contributed by atoms with Crippen LogP contribution in [0.3, 0.4) is 0 Å². The summed E-state index contributed by atoms with van der Waals surface area (Å²) in [6.45, 7) is 4.43. The van der Waals surface area contributed by atoms with E-state index >= 15 is 0 Å². The molecule has 1 saturated heterocycles. The van der Waals surface area contributed by atoms with E-state index < -0.39 is 0 Å². The highest BCUT2D eigenvalue weighted by molar-refractivity contribution is 5.89. The summed E-state index contributed by atoms with van der Waals surface area (Å²) in [4.78, 5) is 13.8. The highest BCUT2D eigenvalue weighted by Gasteiger charge is 2.19. The molecular weight excluding hydrogens is 214 g/mol. The fourth-order valence-electron chi connectivity index (χ4n) is 2.33. The van der Waals surface area contributed by atoms with E-state index in [1.165, 1.54) is 32.1 Å². The standard InChI is InChI=1S/C14H19NO2/c1-11-4-3-9-15(11)10-12-5-7-13(8-6-12)14(16)17-2/h5-8,11H,3-4,9-10H2,1-2H3/t11-/m0/s1. The number of carbonyl (C=O) groups is 1. The number of likely N-dealkylation sites (tertiary alicyclic amines) is 1. The lowest BCUT2D eigenvalue weighted by atomic mass is 10.1. The second-order valence-corrected chi connectivity index (χ2v) is 4.65. The van der Waals surface area contributed by atoms with Crippen molar-refractivity contribution in [1.82, 2.24) is 4.90 Å². The first kappa shape index (κ1) is 12.1. The number of hydrogen-bond donors (Lipinski definition) is 0. The third kappa shape index (κ3) is 2.86. The van der Waals surface area contributed by atoms with Gasteiger partial charge in [-0.1, -0.05) is 12.1 Å². The number of nitrogens with zero attached hydrogens (tertiary/aromatic N) is 1. The van der Waals surface area contributed by atoms with Gasteiger partial charge in [0.15, 0.2) is 0 Å². The summed E-state index contributed by atoms with van der Waals surface area (Å²) in [5.41, 5.74) is 1.87. The second-order valence-electron chi connectivity index (χ2n) is 4.65. The number of carbonyl (C=O) groups excluding carboxylic acids is 1. The molecule has 3 nitrogen and oxygen atoms in total. The zero-order valence-corrected chi connectivity index (χ0v) is 10.5. The van der Waals surface area contributed by atoms with Crippen LogP contribution in [0, 0.1) is 0 Å². The maximum absolute atomic E-state index is 11.3. The van der Waals surface area contributed by atoms with Crippen LogP contribution in [-0.2, 0) is 11.3 Å².